The van der Waals surface area contributed by atoms with Crippen molar-refractivity contribution in [2.75, 3.05) is 13.2 Å². The molecule has 0 radical (unpaired) electrons. The van der Waals surface area contributed by atoms with Crippen LogP contribution in [0.3, 0.4) is 0 Å². The molecule has 0 atom stereocenters. The maximum absolute atomic E-state index is 12.6. The van der Waals surface area contributed by atoms with Crippen LogP contribution in [0.15, 0.2) is 24.3 Å². The van der Waals surface area contributed by atoms with Gasteiger partial charge in [-0.25, -0.2) is 4.39 Å². The van der Waals surface area contributed by atoms with Gasteiger partial charge in [0, 0.05) is 0 Å². The maximum Gasteiger partial charge on any atom is 0.309 e. The number of carbonyl (C=O) groups excluding carboxylic acids is 1. The molecule has 4 heteroatoms. The van der Waals surface area contributed by atoms with E-state index in [4.69, 9.17) is 9.47 Å². The molecular weight excluding hydrogens is 223 g/mol. The lowest BCUT2D eigenvalue weighted by Crippen LogP contribution is -2.10. The molecule has 3 nitrogen and oxygen atoms in total. The van der Waals surface area contributed by atoms with Crippen molar-refractivity contribution in [3.05, 3.63) is 30.1 Å². The first-order chi connectivity index (χ1) is 8.22. The molecular formula is C13H17FO3. The van der Waals surface area contributed by atoms with Gasteiger partial charge in [0.15, 0.2) is 0 Å². The number of hydrogen-bond acceptors (Lipinski definition) is 3. The van der Waals surface area contributed by atoms with E-state index in [1.807, 2.05) is 6.92 Å². The first-order valence-corrected chi connectivity index (χ1v) is 5.76. The minimum absolute atomic E-state index is 0.209. The summed E-state index contributed by atoms with van der Waals surface area (Å²) < 4.78 is 22.8. The molecule has 0 aliphatic heterocycles. The van der Waals surface area contributed by atoms with Crippen molar-refractivity contribution in [1.29, 1.82) is 0 Å². The zero-order valence-electron chi connectivity index (χ0n) is 9.95. The first kappa shape index (κ1) is 13.5. The van der Waals surface area contributed by atoms with Gasteiger partial charge in [-0.2, -0.15) is 0 Å². The molecule has 1 aromatic rings. The van der Waals surface area contributed by atoms with Gasteiger partial charge in [-0.3, -0.25) is 4.79 Å². The lowest BCUT2D eigenvalue weighted by atomic mass is 10.3. The standard InChI is InChI=1S/C13H17FO3/c1-2-3-9-17-13(15)8-10-16-12-6-4-11(14)5-7-12/h4-7H,2-3,8-10H2,1H3. The lowest BCUT2D eigenvalue weighted by Gasteiger charge is -2.06. The van der Waals surface area contributed by atoms with Gasteiger partial charge in [0.25, 0.3) is 0 Å². The number of ether oxygens (including phenoxy) is 2. The molecule has 1 rings (SSSR count). The molecule has 0 saturated heterocycles. The maximum atomic E-state index is 12.6. The molecule has 0 unspecified atom stereocenters. The Morgan fingerprint density at radius 3 is 2.59 bits per heavy atom. The van der Waals surface area contributed by atoms with Crippen LogP contribution in [0.5, 0.6) is 5.75 Å². The highest BCUT2D eigenvalue weighted by Gasteiger charge is 2.03. The number of esters is 1. The van der Waals surface area contributed by atoms with Crippen LogP contribution in [0.25, 0.3) is 0 Å². The highest BCUT2D eigenvalue weighted by atomic mass is 19.1. The van der Waals surface area contributed by atoms with E-state index >= 15 is 0 Å². The molecule has 0 fully saturated rings. The molecule has 0 amide bonds. The second kappa shape index (κ2) is 7.65. The third-order valence-corrected chi connectivity index (χ3v) is 2.15. The number of halogens is 1. The largest absolute Gasteiger partial charge is 0.493 e. The number of carbonyl (C=O) groups is 1. The topological polar surface area (TPSA) is 35.5 Å². The number of hydrogen-bond donors (Lipinski definition) is 0. The Hall–Kier alpha value is -1.58. The van der Waals surface area contributed by atoms with E-state index in [0.717, 1.165) is 12.8 Å². The van der Waals surface area contributed by atoms with Crippen LogP contribution in [-0.4, -0.2) is 19.2 Å². The lowest BCUT2D eigenvalue weighted by molar-refractivity contribution is -0.144. The molecule has 17 heavy (non-hydrogen) atoms. The van der Waals surface area contributed by atoms with Crippen LogP contribution < -0.4 is 4.74 Å². The Labute approximate surface area is 101 Å². The summed E-state index contributed by atoms with van der Waals surface area (Å²) in [7, 11) is 0. The average Bonchev–Trinajstić information content (AvgIpc) is 2.32. The average molecular weight is 240 g/mol. The Balaban J connectivity index is 2.14. The molecule has 0 aliphatic rings. The SMILES string of the molecule is CCCCOC(=O)CCOc1ccc(F)cc1. The van der Waals surface area contributed by atoms with Gasteiger partial charge in [0.2, 0.25) is 0 Å². The molecule has 0 aromatic heterocycles. The van der Waals surface area contributed by atoms with Crippen molar-refractivity contribution in [1.82, 2.24) is 0 Å². The second-order valence-corrected chi connectivity index (χ2v) is 3.63. The van der Waals surface area contributed by atoms with E-state index in [1.54, 1.807) is 0 Å². The van der Waals surface area contributed by atoms with Crippen LogP contribution in [0.4, 0.5) is 4.39 Å². The van der Waals surface area contributed by atoms with E-state index in [1.165, 1.54) is 24.3 Å². The highest BCUT2D eigenvalue weighted by molar-refractivity contribution is 5.69. The quantitative estimate of drug-likeness (QED) is 0.543. The third kappa shape index (κ3) is 5.90. The normalized spacial score (nSPS) is 10.0. The predicted octanol–water partition coefficient (Wildman–Crippen LogP) is 2.94. The third-order valence-electron chi connectivity index (χ3n) is 2.15. The van der Waals surface area contributed by atoms with E-state index in [-0.39, 0.29) is 24.8 Å². The molecule has 0 heterocycles. The van der Waals surface area contributed by atoms with Crippen LogP contribution >= 0.6 is 0 Å². The zero-order chi connectivity index (χ0) is 12.5. The highest BCUT2D eigenvalue weighted by Crippen LogP contribution is 2.11. The number of benzene rings is 1. The summed E-state index contributed by atoms with van der Waals surface area (Å²) in [5.74, 6) is -0.0235. The van der Waals surface area contributed by atoms with E-state index < -0.39 is 0 Å². The zero-order valence-corrected chi connectivity index (χ0v) is 9.95. The van der Waals surface area contributed by atoms with Gasteiger partial charge in [0.05, 0.1) is 19.6 Å². The van der Waals surface area contributed by atoms with Gasteiger partial charge in [-0.05, 0) is 30.7 Å². The Kier molecular flexibility index (Phi) is 6.07. The van der Waals surface area contributed by atoms with Crippen molar-refractivity contribution in [2.45, 2.75) is 26.2 Å². The fourth-order valence-corrected chi connectivity index (χ4v) is 1.19. The summed E-state index contributed by atoms with van der Waals surface area (Å²) in [5, 5.41) is 0. The van der Waals surface area contributed by atoms with Crippen molar-refractivity contribution in [2.24, 2.45) is 0 Å². The molecule has 94 valence electrons. The fourth-order valence-electron chi connectivity index (χ4n) is 1.19. The number of rotatable bonds is 7. The summed E-state index contributed by atoms with van der Waals surface area (Å²) in [6.07, 6.45) is 2.09. The van der Waals surface area contributed by atoms with Crippen molar-refractivity contribution in [3.63, 3.8) is 0 Å². The second-order valence-electron chi connectivity index (χ2n) is 3.63. The summed E-state index contributed by atoms with van der Waals surface area (Å²) in [4.78, 5) is 11.2. The Morgan fingerprint density at radius 2 is 1.94 bits per heavy atom. The molecule has 0 N–H and O–H groups in total. The van der Waals surface area contributed by atoms with Gasteiger partial charge >= 0.3 is 5.97 Å². The van der Waals surface area contributed by atoms with Crippen LogP contribution in [-0.2, 0) is 9.53 Å². The van der Waals surface area contributed by atoms with Crippen molar-refractivity contribution >= 4 is 5.97 Å². The van der Waals surface area contributed by atoms with E-state index in [0.29, 0.717) is 12.4 Å². The smallest absolute Gasteiger partial charge is 0.309 e. The van der Waals surface area contributed by atoms with Crippen LogP contribution in [0, 0.1) is 5.82 Å². The molecule has 0 spiro atoms. The minimum atomic E-state index is -0.309. The number of unbranched alkanes of at least 4 members (excludes halogenated alkanes) is 1. The molecule has 0 bridgehead atoms. The predicted molar refractivity (Wildman–Crippen MR) is 62.4 cm³/mol. The van der Waals surface area contributed by atoms with Gasteiger partial charge in [-0.15, -0.1) is 0 Å². The summed E-state index contributed by atoms with van der Waals surface area (Å²) in [6.45, 7) is 2.74. The van der Waals surface area contributed by atoms with E-state index in [9.17, 15) is 9.18 Å². The van der Waals surface area contributed by atoms with Crippen molar-refractivity contribution in [3.8, 4) is 5.75 Å². The molecule has 0 aliphatic carbocycles. The monoisotopic (exact) mass is 240 g/mol. The Bertz CT molecular complexity index is 335. The van der Waals surface area contributed by atoms with Crippen molar-refractivity contribution < 1.29 is 18.7 Å². The first-order valence-electron chi connectivity index (χ1n) is 5.76. The summed E-state index contributed by atoms with van der Waals surface area (Å²) in [5.41, 5.74) is 0. The fraction of sp³-hybridized carbons (Fsp3) is 0.462. The molecule has 0 saturated carbocycles. The minimum Gasteiger partial charge on any atom is -0.493 e. The van der Waals surface area contributed by atoms with Gasteiger partial charge < -0.3 is 9.47 Å². The Morgan fingerprint density at radius 1 is 1.24 bits per heavy atom. The van der Waals surface area contributed by atoms with E-state index in [2.05, 4.69) is 0 Å². The van der Waals surface area contributed by atoms with Gasteiger partial charge in [-0.1, -0.05) is 13.3 Å². The summed E-state index contributed by atoms with van der Waals surface area (Å²) in [6, 6.07) is 5.68. The van der Waals surface area contributed by atoms with Gasteiger partial charge in [0.1, 0.15) is 11.6 Å². The summed E-state index contributed by atoms with van der Waals surface area (Å²) >= 11 is 0. The molecule has 1 aromatic carbocycles. The van der Waals surface area contributed by atoms with Crippen LogP contribution in [0.2, 0.25) is 0 Å². The van der Waals surface area contributed by atoms with Crippen LogP contribution in [0.1, 0.15) is 26.2 Å².